The Hall–Kier alpha value is -1.97. The first-order valence-corrected chi connectivity index (χ1v) is 5.09. The topological polar surface area (TPSA) is 61.6 Å². The van der Waals surface area contributed by atoms with E-state index in [4.69, 9.17) is 0 Å². The molecule has 0 radical (unpaired) electrons. The van der Waals surface area contributed by atoms with Gasteiger partial charge in [-0.05, 0) is 13.0 Å². The van der Waals surface area contributed by atoms with Gasteiger partial charge < -0.3 is 4.74 Å². The average Bonchev–Trinajstić information content (AvgIpc) is 2.25. The van der Waals surface area contributed by atoms with Gasteiger partial charge in [0.1, 0.15) is 5.75 Å². The van der Waals surface area contributed by atoms with Gasteiger partial charge in [0.25, 0.3) is 5.69 Å². The number of rotatable bonds is 1. The Morgan fingerprint density at radius 2 is 1.90 bits per heavy atom. The minimum absolute atomic E-state index is 0.353. The van der Waals surface area contributed by atoms with E-state index in [1.807, 2.05) is 0 Å². The van der Waals surface area contributed by atoms with Crippen LogP contribution in [-0.2, 0) is 10.3 Å². The zero-order valence-corrected chi connectivity index (χ0v) is 9.70. The molecule has 1 heterocycles. The van der Waals surface area contributed by atoms with Crippen molar-refractivity contribution in [1.82, 2.24) is 0 Å². The molecule has 0 saturated carbocycles. The Morgan fingerprint density at radius 3 is 2.40 bits per heavy atom. The number of nitrogens with zero attached hydrogens (tertiary/aromatic N) is 1. The molecule has 0 fully saturated rings. The highest BCUT2D eigenvalue weighted by Crippen LogP contribution is 2.52. The van der Waals surface area contributed by atoms with E-state index in [0.717, 1.165) is 6.07 Å². The van der Waals surface area contributed by atoms with E-state index in [1.54, 1.807) is 0 Å². The third kappa shape index (κ3) is 2.15. The van der Waals surface area contributed by atoms with Crippen LogP contribution in [0.1, 0.15) is 12.5 Å². The minimum Gasteiger partial charge on any atom is -0.409 e. The molecule has 10 heteroatoms. The highest BCUT2D eigenvalue weighted by atomic mass is 19.4. The lowest BCUT2D eigenvalue weighted by Gasteiger charge is -2.39. The minimum atomic E-state index is -5.22. The monoisotopic (exact) mass is 299 g/mol. The van der Waals surface area contributed by atoms with Gasteiger partial charge >= 0.3 is 12.5 Å². The van der Waals surface area contributed by atoms with Gasteiger partial charge in [0.15, 0.2) is 5.60 Å². The first kappa shape index (κ1) is 14.4. The van der Waals surface area contributed by atoms with Crippen LogP contribution in [0.5, 0.6) is 5.75 Å². The maximum Gasteiger partial charge on any atom is 0.536 e. The fourth-order valence-corrected chi connectivity index (χ4v) is 1.75. The number of non-ortho nitro benzene ring substituents is 1. The number of nitro benzene ring substituents is 1. The van der Waals surface area contributed by atoms with E-state index in [0.29, 0.717) is 19.1 Å². The van der Waals surface area contributed by atoms with Gasteiger partial charge in [0.2, 0.25) is 0 Å². The largest absolute Gasteiger partial charge is 0.536 e. The van der Waals surface area contributed by atoms with Crippen molar-refractivity contribution in [3.05, 3.63) is 33.9 Å². The summed E-state index contributed by atoms with van der Waals surface area (Å²) in [5.41, 5.74) is -5.00. The van der Waals surface area contributed by atoms with Crippen molar-refractivity contribution in [2.45, 2.75) is 25.0 Å². The van der Waals surface area contributed by atoms with Crippen molar-refractivity contribution in [3.8, 4) is 5.75 Å². The van der Waals surface area contributed by atoms with Gasteiger partial charge in [0.05, 0.1) is 4.92 Å². The van der Waals surface area contributed by atoms with E-state index >= 15 is 0 Å². The van der Waals surface area contributed by atoms with Crippen molar-refractivity contribution in [3.63, 3.8) is 0 Å². The lowest BCUT2D eigenvalue weighted by molar-refractivity contribution is -0.445. The summed E-state index contributed by atoms with van der Waals surface area (Å²) >= 11 is 0. The van der Waals surface area contributed by atoms with Crippen molar-refractivity contribution >= 4 is 5.69 Å². The highest BCUT2D eigenvalue weighted by molar-refractivity contribution is 5.48. The Labute approximate surface area is 108 Å². The second-order valence-corrected chi connectivity index (χ2v) is 4.14. The molecule has 1 aromatic rings. The summed E-state index contributed by atoms with van der Waals surface area (Å²) in [5.74, 6) is -0.827. The summed E-state index contributed by atoms with van der Waals surface area (Å²) in [6.45, 7) is 0.353. The van der Waals surface area contributed by atoms with Crippen molar-refractivity contribution in [1.29, 1.82) is 0 Å². The van der Waals surface area contributed by atoms with Gasteiger partial charge in [-0.3, -0.25) is 14.9 Å². The molecule has 20 heavy (non-hydrogen) atoms. The standard InChI is InChI=1S/C10H6F5NO4/c1-8(9(11,12)13)6-4-5(16(17)18)2-3-7(6)19-10(14,15)20-8/h2-4H,1H3. The molecule has 5 nitrogen and oxygen atoms in total. The van der Waals surface area contributed by atoms with Gasteiger partial charge in [-0.2, -0.15) is 13.2 Å². The molecule has 0 aromatic heterocycles. The molecule has 0 bridgehead atoms. The Kier molecular flexibility index (Phi) is 2.90. The third-order valence-electron chi connectivity index (χ3n) is 2.78. The first-order chi connectivity index (χ1) is 8.96. The number of benzene rings is 1. The number of hydrogen-bond donors (Lipinski definition) is 0. The van der Waals surface area contributed by atoms with E-state index in [9.17, 15) is 32.1 Å². The highest BCUT2D eigenvalue weighted by Gasteiger charge is 2.63. The number of fused-ring (bicyclic) bond motifs is 1. The molecule has 0 saturated heterocycles. The van der Waals surface area contributed by atoms with Crippen LogP contribution in [-0.4, -0.2) is 17.4 Å². The number of alkyl halides is 5. The molecule has 0 amide bonds. The maximum absolute atomic E-state index is 13.1. The van der Waals surface area contributed by atoms with E-state index in [2.05, 4.69) is 9.47 Å². The second kappa shape index (κ2) is 4.01. The van der Waals surface area contributed by atoms with Gasteiger partial charge in [-0.25, -0.2) is 0 Å². The maximum atomic E-state index is 13.1. The Morgan fingerprint density at radius 1 is 1.30 bits per heavy atom. The van der Waals surface area contributed by atoms with Crippen LogP contribution >= 0.6 is 0 Å². The quantitative estimate of drug-likeness (QED) is 0.453. The zero-order chi connectivity index (χ0) is 15.3. The summed E-state index contributed by atoms with van der Waals surface area (Å²) in [7, 11) is 0. The van der Waals surface area contributed by atoms with Crippen LogP contribution in [0.15, 0.2) is 18.2 Å². The van der Waals surface area contributed by atoms with Crippen LogP contribution in [0.3, 0.4) is 0 Å². The summed E-state index contributed by atoms with van der Waals surface area (Å²) in [5, 5.41) is 10.6. The number of hydrogen-bond acceptors (Lipinski definition) is 4. The first-order valence-electron chi connectivity index (χ1n) is 5.09. The normalized spacial score (nSPS) is 24.7. The van der Waals surface area contributed by atoms with Gasteiger partial charge in [-0.15, -0.1) is 8.78 Å². The summed E-state index contributed by atoms with van der Waals surface area (Å²) in [4.78, 5) is 9.61. The predicted octanol–water partition coefficient (Wildman–Crippen LogP) is 3.33. The molecule has 2 rings (SSSR count). The number of ether oxygens (including phenoxy) is 2. The van der Waals surface area contributed by atoms with E-state index in [1.165, 1.54) is 0 Å². The number of halogens is 5. The Balaban J connectivity index is 2.68. The summed E-state index contributed by atoms with van der Waals surface area (Å²) < 4.78 is 72.8. The molecule has 1 aliphatic rings. The second-order valence-electron chi connectivity index (χ2n) is 4.14. The van der Waals surface area contributed by atoms with Crippen LogP contribution in [0.25, 0.3) is 0 Å². The zero-order valence-electron chi connectivity index (χ0n) is 9.70. The van der Waals surface area contributed by atoms with Gasteiger partial charge in [-0.1, -0.05) is 0 Å². The van der Waals surface area contributed by atoms with E-state index in [-0.39, 0.29) is 0 Å². The number of nitro groups is 1. The molecule has 0 spiro atoms. The van der Waals surface area contributed by atoms with Crippen LogP contribution in [0, 0.1) is 10.1 Å². The lowest BCUT2D eigenvalue weighted by Crippen LogP contribution is -2.52. The van der Waals surface area contributed by atoms with Crippen LogP contribution in [0.2, 0.25) is 0 Å². The van der Waals surface area contributed by atoms with Crippen LogP contribution < -0.4 is 4.74 Å². The average molecular weight is 299 g/mol. The van der Waals surface area contributed by atoms with E-state index < -0.39 is 40.0 Å². The van der Waals surface area contributed by atoms with Crippen molar-refractivity contribution in [2.75, 3.05) is 0 Å². The van der Waals surface area contributed by atoms with Crippen molar-refractivity contribution in [2.24, 2.45) is 0 Å². The lowest BCUT2D eigenvalue weighted by atomic mass is 9.92. The predicted molar refractivity (Wildman–Crippen MR) is 53.2 cm³/mol. The van der Waals surface area contributed by atoms with Crippen molar-refractivity contribution < 1.29 is 36.3 Å². The molecule has 0 N–H and O–H groups in total. The fourth-order valence-electron chi connectivity index (χ4n) is 1.75. The molecule has 1 atom stereocenters. The van der Waals surface area contributed by atoms with Gasteiger partial charge in [0, 0.05) is 17.7 Å². The third-order valence-corrected chi connectivity index (χ3v) is 2.78. The molecule has 0 aliphatic carbocycles. The molecule has 1 unspecified atom stereocenters. The summed E-state index contributed by atoms with van der Waals surface area (Å²) in [6, 6.07) is 1.93. The SMILES string of the molecule is CC1(C(F)(F)F)OC(F)(F)Oc2ccc([N+](=O)[O-])cc21. The molecule has 1 aromatic carbocycles. The van der Waals surface area contributed by atoms with Crippen LogP contribution in [0.4, 0.5) is 27.6 Å². The molecule has 110 valence electrons. The summed E-state index contributed by atoms with van der Waals surface area (Å²) in [6.07, 6.45) is -9.71. The smallest absolute Gasteiger partial charge is 0.409 e. The molecular formula is C10H6F5NO4. The fraction of sp³-hybridized carbons (Fsp3) is 0.400. The molecule has 1 aliphatic heterocycles. The molecular weight excluding hydrogens is 293 g/mol. The Bertz CT molecular complexity index is 573.